The molecule has 1 aliphatic heterocycles. The van der Waals surface area contributed by atoms with E-state index < -0.39 is 0 Å². The molecule has 2 aromatic rings. The highest BCUT2D eigenvalue weighted by Crippen LogP contribution is 2.22. The fraction of sp³-hybridized carbons (Fsp3) is 0.476. The fourth-order valence-corrected chi connectivity index (χ4v) is 3.76. The number of guanidine groups is 1. The van der Waals surface area contributed by atoms with Gasteiger partial charge >= 0.3 is 0 Å². The molecule has 146 valence electrons. The lowest BCUT2D eigenvalue weighted by molar-refractivity contribution is 0.186. The lowest BCUT2D eigenvalue weighted by Gasteiger charge is -2.15. The van der Waals surface area contributed by atoms with E-state index in [1.807, 2.05) is 12.1 Å². The summed E-state index contributed by atoms with van der Waals surface area (Å²) < 4.78 is 10.9. The Hall–Kier alpha value is -1.92. The summed E-state index contributed by atoms with van der Waals surface area (Å²) >= 11 is 1.77. The number of furan rings is 1. The van der Waals surface area contributed by atoms with Gasteiger partial charge in [0, 0.05) is 36.9 Å². The van der Waals surface area contributed by atoms with Gasteiger partial charge in [-0.25, -0.2) is 4.99 Å². The Morgan fingerprint density at radius 3 is 2.96 bits per heavy atom. The molecule has 1 unspecified atom stereocenters. The van der Waals surface area contributed by atoms with Gasteiger partial charge < -0.3 is 19.8 Å². The summed E-state index contributed by atoms with van der Waals surface area (Å²) in [4.78, 5) is 6.11. The van der Waals surface area contributed by atoms with Crippen molar-refractivity contribution in [3.63, 3.8) is 0 Å². The summed E-state index contributed by atoms with van der Waals surface area (Å²) in [5.41, 5.74) is 2.53. The zero-order valence-corrected chi connectivity index (χ0v) is 17.0. The first-order valence-electron chi connectivity index (χ1n) is 9.50. The van der Waals surface area contributed by atoms with Crippen LogP contribution in [0.15, 0.2) is 50.9 Å². The zero-order valence-electron chi connectivity index (χ0n) is 16.2. The van der Waals surface area contributed by atoms with Crippen LogP contribution in [-0.4, -0.2) is 38.5 Å². The molecule has 3 rings (SSSR count). The lowest BCUT2D eigenvalue weighted by Crippen LogP contribution is -2.40. The van der Waals surface area contributed by atoms with Crippen LogP contribution in [0.4, 0.5) is 0 Å². The fourth-order valence-electron chi connectivity index (χ4n) is 3.07. The van der Waals surface area contributed by atoms with E-state index in [1.165, 1.54) is 16.0 Å². The molecule has 1 atom stereocenters. The van der Waals surface area contributed by atoms with Gasteiger partial charge in [0.15, 0.2) is 5.96 Å². The second-order valence-corrected chi connectivity index (χ2v) is 7.69. The monoisotopic (exact) mass is 387 g/mol. The summed E-state index contributed by atoms with van der Waals surface area (Å²) in [6.45, 7) is 6.15. The van der Waals surface area contributed by atoms with Crippen LogP contribution in [0.1, 0.15) is 23.3 Å². The molecule has 1 aromatic heterocycles. The first kappa shape index (κ1) is 19.8. The molecule has 2 heterocycles. The minimum absolute atomic E-state index is 0.559. The number of nitrogens with zero attached hydrogens (tertiary/aromatic N) is 1. The molecular formula is C21H29N3O2S. The number of hydrogen-bond acceptors (Lipinski definition) is 4. The van der Waals surface area contributed by atoms with E-state index in [4.69, 9.17) is 14.1 Å². The number of thioether (sulfide) groups is 1. The normalized spacial score (nSPS) is 17.3. The molecule has 0 radical (unpaired) electrons. The van der Waals surface area contributed by atoms with E-state index in [9.17, 15) is 0 Å². The zero-order chi connectivity index (χ0) is 18.9. The van der Waals surface area contributed by atoms with Gasteiger partial charge in [0.2, 0.25) is 0 Å². The maximum Gasteiger partial charge on any atom is 0.191 e. The number of aliphatic imine (C=N–C) groups is 1. The molecule has 0 aliphatic carbocycles. The van der Waals surface area contributed by atoms with Gasteiger partial charge in [0.05, 0.1) is 19.4 Å². The molecule has 6 heteroatoms. The summed E-state index contributed by atoms with van der Waals surface area (Å²) in [7, 11) is 0. The maximum absolute atomic E-state index is 5.47. The van der Waals surface area contributed by atoms with Gasteiger partial charge in [-0.05, 0) is 48.9 Å². The third-order valence-electron chi connectivity index (χ3n) is 4.68. The van der Waals surface area contributed by atoms with Gasteiger partial charge in [-0.2, -0.15) is 0 Å². The van der Waals surface area contributed by atoms with Crippen molar-refractivity contribution in [2.24, 2.45) is 10.9 Å². The summed E-state index contributed by atoms with van der Waals surface area (Å²) in [5, 5.41) is 6.91. The van der Waals surface area contributed by atoms with Crippen LogP contribution in [0.3, 0.4) is 0 Å². The smallest absolute Gasteiger partial charge is 0.191 e. The average Bonchev–Trinajstić information content (AvgIpc) is 3.38. The predicted octanol–water partition coefficient (Wildman–Crippen LogP) is 3.62. The second kappa shape index (κ2) is 10.4. The molecule has 0 spiro atoms. The second-order valence-electron chi connectivity index (χ2n) is 6.85. The van der Waals surface area contributed by atoms with Crippen molar-refractivity contribution >= 4 is 17.7 Å². The van der Waals surface area contributed by atoms with Crippen molar-refractivity contribution < 1.29 is 9.15 Å². The summed E-state index contributed by atoms with van der Waals surface area (Å²) in [6, 6.07) is 10.5. The van der Waals surface area contributed by atoms with Crippen LogP contribution in [0.2, 0.25) is 0 Å². The highest BCUT2D eigenvalue weighted by atomic mass is 32.2. The minimum Gasteiger partial charge on any atom is -0.469 e. The van der Waals surface area contributed by atoms with E-state index in [0.29, 0.717) is 12.5 Å². The highest BCUT2D eigenvalue weighted by Gasteiger charge is 2.15. The van der Waals surface area contributed by atoms with Gasteiger partial charge in [-0.1, -0.05) is 12.1 Å². The molecule has 1 aromatic carbocycles. The van der Waals surface area contributed by atoms with Crippen LogP contribution in [-0.2, 0) is 17.7 Å². The first-order chi connectivity index (χ1) is 13.2. The van der Waals surface area contributed by atoms with Gasteiger partial charge in [-0.3, -0.25) is 0 Å². The van der Waals surface area contributed by atoms with Crippen molar-refractivity contribution in [2.75, 3.05) is 32.6 Å². The van der Waals surface area contributed by atoms with Crippen molar-refractivity contribution in [3.05, 3.63) is 53.5 Å². The van der Waals surface area contributed by atoms with Crippen molar-refractivity contribution in [3.8, 4) is 0 Å². The van der Waals surface area contributed by atoms with E-state index >= 15 is 0 Å². The third kappa shape index (κ3) is 6.33. The molecule has 0 amide bonds. The van der Waals surface area contributed by atoms with Crippen molar-refractivity contribution in [1.82, 2.24) is 10.6 Å². The van der Waals surface area contributed by atoms with Crippen molar-refractivity contribution in [2.45, 2.75) is 31.2 Å². The molecule has 1 fully saturated rings. The molecule has 5 nitrogen and oxygen atoms in total. The summed E-state index contributed by atoms with van der Waals surface area (Å²) in [5.74, 6) is 2.39. The molecule has 0 saturated carbocycles. The van der Waals surface area contributed by atoms with E-state index in [0.717, 1.165) is 50.9 Å². The predicted molar refractivity (Wildman–Crippen MR) is 111 cm³/mol. The lowest BCUT2D eigenvalue weighted by atomic mass is 10.1. The summed E-state index contributed by atoms with van der Waals surface area (Å²) in [6.07, 6.45) is 5.77. The number of nitrogens with one attached hydrogen (secondary N) is 2. The van der Waals surface area contributed by atoms with Crippen LogP contribution >= 0.6 is 11.8 Å². The van der Waals surface area contributed by atoms with E-state index in [2.05, 4.69) is 42.0 Å². The van der Waals surface area contributed by atoms with E-state index in [1.54, 1.807) is 18.0 Å². The van der Waals surface area contributed by atoms with Crippen LogP contribution < -0.4 is 10.6 Å². The quantitative estimate of drug-likeness (QED) is 0.412. The third-order valence-corrected chi connectivity index (χ3v) is 5.50. The number of hydrogen-bond donors (Lipinski definition) is 2. The molecule has 1 saturated heterocycles. The largest absolute Gasteiger partial charge is 0.469 e. The van der Waals surface area contributed by atoms with Crippen LogP contribution in [0.5, 0.6) is 0 Å². The Morgan fingerprint density at radius 2 is 2.22 bits per heavy atom. The van der Waals surface area contributed by atoms with Crippen LogP contribution in [0, 0.1) is 12.8 Å². The van der Waals surface area contributed by atoms with Crippen LogP contribution in [0.25, 0.3) is 0 Å². The topological polar surface area (TPSA) is 58.8 Å². The Balaban J connectivity index is 1.60. The first-order valence-corrected chi connectivity index (χ1v) is 10.7. The maximum atomic E-state index is 5.47. The minimum atomic E-state index is 0.559. The van der Waals surface area contributed by atoms with Gasteiger partial charge in [0.1, 0.15) is 5.76 Å². The van der Waals surface area contributed by atoms with Gasteiger partial charge in [-0.15, -0.1) is 11.8 Å². The highest BCUT2D eigenvalue weighted by molar-refractivity contribution is 7.98. The Morgan fingerprint density at radius 1 is 1.30 bits per heavy atom. The van der Waals surface area contributed by atoms with E-state index in [-0.39, 0.29) is 0 Å². The van der Waals surface area contributed by atoms with Crippen molar-refractivity contribution in [1.29, 1.82) is 0 Å². The Kier molecular flexibility index (Phi) is 7.66. The molecule has 0 bridgehead atoms. The SMILES string of the molecule is CSc1cc(C)ccc1CN=C(NCCc1ccco1)NCC1CCOC1. The number of aryl methyl sites for hydroxylation is 1. The Labute approximate surface area is 166 Å². The van der Waals surface area contributed by atoms with Gasteiger partial charge in [0.25, 0.3) is 0 Å². The number of ether oxygens (including phenoxy) is 1. The number of rotatable bonds is 8. The molecule has 2 N–H and O–H groups in total. The Bertz CT molecular complexity index is 725. The standard InChI is InChI=1S/C21H29N3O2S/c1-16-5-6-18(20(12-16)27-2)14-24-21(23-13-17-8-11-25-15-17)22-9-7-19-4-3-10-26-19/h3-6,10,12,17H,7-9,11,13-15H2,1-2H3,(H2,22,23,24). The average molecular weight is 388 g/mol. The number of benzene rings is 1. The molecular weight excluding hydrogens is 358 g/mol. The molecule has 27 heavy (non-hydrogen) atoms. The molecule has 1 aliphatic rings.